The monoisotopic (exact) mass is 726 g/mol. The summed E-state index contributed by atoms with van der Waals surface area (Å²) in [4.78, 5) is 23.6. The summed E-state index contributed by atoms with van der Waals surface area (Å²) in [7, 11) is -10.5. The molecule has 0 amide bonds. The number of carbonyl (C=O) groups is 2. The first-order valence-electron chi connectivity index (χ1n) is 14.2. The maximum atomic E-state index is 12.6. The normalized spacial score (nSPS) is 15.2. The summed E-state index contributed by atoms with van der Waals surface area (Å²) in [6.45, 7) is 3.09. The van der Waals surface area contributed by atoms with E-state index in [1.165, 1.54) is 24.3 Å². The van der Waals surface area contributed by atoms with Crippen molar-refractivity contribution in [3.05, 3.63) is 118 Å². The van der Waals surface area contributed by atoms with Gasteiger partial charge >= 0.3 is 59.1 Å². The van der Waals surface area contributed by atoms with E-state index in [1.54, 1.807) is 74.5 Å². The summed E-state index contributed by atoms with van der Waals surface area (Å²) < 4.78 is 75.3. The zero-order valence-corrected chi connectivity index (χ0v) is 32.8. The van der Waals surface area contributed by atoms with Crippen LogP contribution in [0.25, 0.3) is 23.3 Å². The SMILES string of the molecule is Cc1cc(-c2cc(C)c(N/N=C3\C(=O)C=Cc4ccccc43)cc2S(=O)(=O)[O-])c(S(=O)(=O)[O-])cc1N/N=C1\C(=O)C=Cc2ccccc21.[Na+].[Na+]. The quantitative estimate of drug-likeness (QED) is 0.130. The molecule has 0 fully saturated rings. The Bertz CT molecular complexity index is 2250. The van der Waals surface area contributed by atoms with Gasteiger partial charge in [0.2, 0.25) is 11.6 Å². The molecule has 4 aromatic rings. The van der Waals surface area contributed by atoms with Crippen molar-refractivity contribution in [2.24, 2.45) is 10.2 Å². The number of anilines is 2. The van der Waals surface area contributed by atoms with Crippen LogP contribution in [0.5, 0.6) is 0 Å². The van der Waals surface area contributed by atoms with Gasteiger partial charge < -0.3 is 9.11 Å². The summed E-state index contributed by atoms with van der Waals surface area (Å²) in [5.74, 6) is -0.805. The molecule has 12 nitrogen and oxygen atoms in total. The van der Waals surface area contributed by atoms with Crippen LogP contribution in [0.15, 0.2) is 105 Å². The van der Waals surface area contributed by atoms with Crippen LogP contribution in [-0.4, -0.2) is 48.9 Å². The molecule has 0 aromatic heterocycles. The summed E-state index contributed by atoms with van der Waals surface area (Å²) in [5.41, 5.74) is 8.05. The zero-order chi connectivity index (χ0) is 34.4. The molecule has 50 heavy (non-hydrogen) atoms. The maximum Gasteiger partial charge on any atom is 1.00 e. The van der Waals surface area contributed by atoms with Gasteiger partial charge in [0.25, 0.3) is 0 Å². The van der Waals surface area contributed by atoms with Gasteiger partial charge in [0, 0.05) is 22.3 Å². The van der Waals surface area contributed by atoms with Crippen LogP contribution < -0.4 is 70.0 Å². The van der Waals surface area contributed by atoms with E-state index >= 15 is 0 Å². The fourth-order valence-corrected chi connectivity index (χ4v) is 6.79. The summed E-state index contributed by atoms with van der Waals surface area (Å²) in [6, 6.07) is 18.4. The van der Waals surface area contributed by atoms with E-state index in [0.29, 0.717) is 22.3 Å². The van der Waals surface area contributed by atoms with E-state index in [9.17, 15) is 35.5 Å². The largest absolute Gasteiger partial charge is 1.00 e. The van der Waals surface area contributed by atoms with Gasteiger partial charge in [-0.3, -0.25) is 20.4 Å². The van der Waals surface area contributed by atoms with Crippen LogP contribution in [0.1, 0.15) is 33.4 Å². The van der Waals surface area contributed by atoms with Crippen LogP contribution in [0, 0.1) is 13.8 Å². The number of hydrazone groups is 2. The van der Waals surface area contributed by atoms with Crippen molar-refractivity contribution in [2.75, 3.05) is 10.9 Å². The molecule has 0 spiro atoms. The third-order valence-corrected chi connectivity index (χ3v) is 9.54. The van der Waals surface area contributed by atoms with E-state index in [0.717, 1.165) is 23.3 Å². The van der Waals surface area contributed by atoms with Crippen LogP contribution in [-0.2, 0) is 29.8 Å². The third kappa shape index (κ3) is 8.00. The maximum absolute atomic E-state index is 12.6. The van der Waals surface area contributed by atoms with Crippen molar-refractivity contribution < 1.29 is 94.6 Å². The Balaban J connectivity index is 0.00000281. The van der Waals surface area contributed by atoms with Crippen molar-refractivity contribution >= 4 is 66.8 Å². The molecular weight excluding hydrogens is 703 g/mol. The third-order valence-electron chi connectivity index (χ3n) is 7.79. The molecule has 4 aromatic carbocycles. The van der Waals surface area contributed by atoms with Crippen molar-refractivity contribution in [3.63, 3.8) is 0 Å². The Kier molecular flexibility index (Phi) is 12.1. The first-order valence-corrected chi connectivity index (χ1v) is 17.1. The van der Waals surface area contributed by atoms with E-state index in [1.807, 2.05) is 0 Å². The van der Waals surface area contributed by atoms with Gasteiger partial charge in [-0.15, -0.1) is 0 Å². The second-order valence-corrected chi connectivity index (χ2v) is 13.6. The molecule has 0 heterocycles. The zero-order valence-electron chi connectivity index (χ0n) is 27.2. The van der Waals surface area contributed by atoms with Crippen LogP contribution in [0.3, 0.4) is 0 Å². The van der Waals surface area contributed by atoms with Gasteiger partial charge in [0.05, 0.1) is 21.2 Å². The Morgan fingerprint density at radius 3 is 1.26 bits per heavy atom. The van der Waals surface area contributed by atoms with Crippen molar-refractivity contribution in [3.8, 4) is 11.1 Å². The minimum Gasteiger partial charge on any atom is -0.744 e. The number of nitrogens with zero attached hydrogens (tertiary/aromatic N) is 2. The van der Waals surface area contributed by atoms with Crippen molar-refractivity contribution in [1.29, 1.82) is 0 Å². The number of fused-ring (bicyclic) bond motifs is 2. The second-order valence-electron chi connectivity index (χ2n) is 10.9. The fraction of sp³-hybridized carbons (Fsp3) is 0.0588. The van der Waals surface area contributed by atoms with Gasteiger partial charge in [-0.1, -0.05) is 60.7 Å². The Morgan fingerprint density at radius 2 is 0.900 bits per heavy atom. The Morgan fingerprint density at radius 1 is 0.540 bits per heavy atom. The minimum absolute atomic E-state index is 0. The fourth-order valence-electron chi connectivity index (χ4n) is 5.38. The van der Waals surface area contributed by atoms with Crippen molar-refractivity contribution in [2.45, 2.75) is 23.6 Å². The number of benzene rings is 4. The topological polar surface area (TPSA) is 197 Å². The molecular formula is C34H24N4Na2O8S2. The molecule has 0 unspecified atom stereocenters. The van der Waals surface area contributed by atoms with Gasteiger partial charge in [-0.25, -0.2) is 16.8 Å². The van der Waals surface area contributed by atoms with Crippen LogP contribution in [0.2, 0.25) is 0 Å². The van der Waals surface area contributed by atoms with Crippen LogP contribution in [0.4, 0.5) is 11.4 Å². The van der Waals surface area contributed by atoms with Crippen molar-refractivity contribution in [1.82, 2.24) is 0 Å². The number of carbonyl (C=O) groups excluding carboxylic acids is 2. The molecule has 0 bridgehead atoms. The number of aryl methyl sites for hydroxylation is 2. The van der Waals surface area contributed by atoms with Gasteiger partial charge in [-0.2, -0.15) is 10.2 Å². The average molecular weight is 727 g/mol. The van der Waals surface area contributed by atoms with E-state index in [4.69, 9.17) is 0 Å². The second kappa shape index (κ2) is 15.4. The first kappa shape index (κ1) is 39.2. The van der Waals surface area contributed by atoms with E-state index in [2.05, 4.69) is 21.1 Å². The Labute approximate surface area is 332 Å². The van der Waals surface area contributed by atoms with E-state index < -0.39 is 41.6 Å². The minimum atomic E-state index is -5.26. The number of hydrogen-bond donors (Lipinski definition) is 2. The molecule has 16 heteroatoms. The molecule has 242 valence electrons. The molecule has 6 rings (SSSR count). The Hall–Kier alpha value is -3.54. The average Bonchev–Trinajstić information content (AvgIpc) is 3.03. The van der Waals surface area contributed by atoms with Gasteiger partial charge in [-0.05, 0) is 72.5 Å². The summed E-state index contributed by atoms with van der Waals surface area (Å²) >= 11 is 0. The number of hydrogen-bond acceptors (Lipinski definition) is 12. The summed E-state index contributed by atoms with van der Waals surface area (Å²) in [6.07, 6.45) is 5.96. The molecule has 2 N–H and O–H groups in total. The van der Waals surface area contributed by atoms with Gasteiger partial charge in [0.1, 0.15) is 31.7 Å². The molecule has 0 aliphatic heterocycles. The number of rotatable bonds is 7. The van der Waals surface area contributed by atoms with Crippen LogP contribution >= 0.6 is 0 Å². The smallest absolute Gasteiger partial charge is 0.744 e. The molecule has 0 saturated carbocycles. The first-order chi connectivity index (χ1) is 22.7. The van der Waals surface area contributed by atoms with Gasteiger partial charge in [0.15, 0.2) is 0 Å². The molecule has 0 saturated heterocycles. The number of allylic oxidation sites excluding steroid dienone is 2. The molecule has 0 atom stereocenters. The summed E-state index contributed by atoms with van der Waals surface area (Å²) in [5, 5.41) is 8.39. The predicted octanol–water partition coefficient (Wildman–Crippen LogP) is -1.39. The predicted molar refractivity (Wildman–Crippen MR) is 179 cm³/mol. The standard InChI is InChI=1S/C34H26N4O8S2.2Na/c1-19-15-25(31(47(41,42)43)17-27(19)35-37-33-23-9-5-3-7-21(23)11-13-29(33)39)26-16-20(2)28(18-32(26)48(44,45)46)36-38-34-24-10-6-4-8-22(24)12-14-30(34)40;;/h3-18,35-36H,1-2H3,(H,41,42,43)(H,44,45,46);;/q;2*+1/p-2/b37-33-,38-34-;;. The molecule has 2 aliphatic rings. The molecule has 2 aliphatic carbocycles. The number of nitrogens with one attached hydrogen (secondary N) is 2. The van der Waals surface area contributed by atoms with E-state index in [-0.39, 0.29) is 93.0 Å². The molecule has 0 radical (unpaired) electrons. The number of ketones is 2.